The predicted molar refractivity (Wildman–Crippen MR) is 95.5 cm³/mol. The Kier molecular flexibility index (Phi) is 3.62. The lowest BCUT2D eigenvalue weighted by Crippen LogP contribution is -2.15. The molecule has 3 heterocycles. The normalized spacial score (nSPS) is 15.3. The molecule has 120 valence electrons. The molecular formula is C17H15N5OS. The van der Waals surface area contributed by atoms with E-state index in [0.717, 1.165) is 22.6 Å². The van der Waals surface area contributed by atoms with Crippen molar-refractivity contribution in [3.63, 3.8) is 0 Å². The SMILES string of the molecule is Cc1cc(C2Nc3cccc(C(=O)Nc4nccs4)c3N2)ccn1. The standard InChI is InChI=1S/C17H15N5OS/c1-10-9-11(5-6-18-10)15-20-13-4-2-3-12(14(13)21-15)16(23)22-17-19-7-8-24-17/h2-9,15,20-21H,1H3,(H,19,22,23). The topological polar surface area (TPSA) is 78.9 Å². The lowest BCUT2D eigenvalue weighted by Gasteiger charge is -2.13. The quantitative estimate of drug-likeness (QED) is 0.680. The molecule has 3 aromatic rings. The summed E-state index contributed by atoms with van der Waals surface area (Å²) in [4.78, 5) is 20.9. The van der Waals surface area contributed by atoms with Crippen molar-refractivity contribution in [2.45, 2.75) is 13.1 Å². The molecule has 0 radical (unpaired) electrons. The highest BCUT2D eigenvalue weighted by molar-refractivity contribution is 7.13. The van der Waals surface area contributed by atoms with Crippen LogP contribution in [0.3, 0.4) is 0 Å². The van der Waals surface area contributed by atoms with Gasteiger partial charge in [0.1, 0.15) is 6.17 Å². The number of carbonyl (C=O) groups is 1. The number of carbonyl (C=O) groups excluding carboxylic acids is 1. The lowest BCUT2D eigenvalue weighted by atomic mass is 10.1. The Labute approximate surface area is 143 Å². The zero-order valence-corrected chi connectivity index (χ0v) is 13.7. The Hall–Kier alpha value is -2.93. The molecule has 0 aliphatic carbocycles. The van der Waals surface area contributed by atoms with Crippen molar-refractivity contribution in [2.75, 3.05) is 16.0 Å². The fourth-order valence-electron chi connectivity index (χ4n) is 2.72. The van der Waals surface area contributed by atoms with Crippen molar-refractivity contribution < 1.29 is 4.79 Å². The minimum Gasteiger partial charge on any atom is -0.360 e. The van der Waals surface area contributed by atoms with E-state index in [2.05, 4.69) is 25.9 Å². The molecule has 2 aromatic heterocycles. The predicted octanol–water partition coefficient (Wildman–Crippen LogP) is 3.64. The van der Waals surface area contributed by atoms with E-state index < -0.39 is 0 Å². The van der Waals surface area contributed by atoms with Crippen molar-refractivity contribution in [3.8, 4) is 0 Å². The first-order chi connectivity index (χ1) is 11.7. The van der Waals surface area contributed by atoms with Crippen molar-refractivity contribution in [3.05, 3.63) is 64.9 Å². The van der Waals surface area contributed by atoms with E-state index in [1.54, 1.807) is 18.5 Å². The zero-order chi connectivity index (χ0) is 16.5. The van der Waals surface area contributed by atoms with Crippen LogP contribution in [-0.2, 0) is 0 Å². The van der Waals surface area contributed by atoms with Crippen molar-refractivity contribution >= 4 is 33.8 Å². The van der Waals surface area contributed by atoms with Crippen LogP contribution >= 0.6 is 11.3 Å². The first kappa shape index (κ1) is 14.6. The largest absolute Gasteiger partial charge is 0.360 e. The second-order valence-corrected chi connectivity index (χ2v) is 6.37. The summed E-state index contributed by atoms with van der Waals surface area (Å²) in [6, 6.07) is 9.60. The summed E-state index contributed by atoms with van der Waals surface area (Å²) in [6.07, 6.45) is 3.36. The fourth-order valence-corrected chi connectivity index (χ4v) is 3.24. The molecule has 24 heavy (non-hydrogen) atoms. The maximum atomic E-state index is 12.5. The molecule has 1 unspecified atom stereocenters. The zero-order valence-electron chi connectivity index (χ0n) is 12.9. The molecule has 4 rings (SSSR count). The van der Waals surface area contributed by atoms with Crippen LogP contribution in [0, 0.1) is 6.92 Å². The Bertz CT molecular complexity index is 894. The highest BCUT2D eigenvalue weighted by Crippen LogP contribution is 2.38. The number of anilines is 3. The summed E-state index contributed by atoms with van der Waals surface area (Å²) in [5.41, 5.74) is 4.31. The maximum absolute atomic E-state index is 12.5. The number of para-hydroxylation sites is 1. The molecule has 7 heteroatoms. The summed E-state index contributed by atoms with van der Waals surface area (Å²) in [5.74, 6) is -0.178. The average Bonchev–Trinajstić information content (AvgIpc) is 3.23. The van der Waals surface area contributed by atoms with Crippen molar-refractivity contribution in [1.82, 2.24) is 9.97 Å². The van der Waals surface area contributed by atoms with Gasteiger partial charge in [-0.05, 0) is 36.8 Å². The van der Waals surface area contributed by atoms with E-state index in [9.17, 15) is 4.79 Å². The molecule has 6 nitrogen and oxygen atoms in total. The second kappa shape index (κ2) is 5.93. The number of aromatic nitrogens is 2. The number of pyridine rings is 1. The van der Waals surface area contributed by atoms with Gasteiger partial charge in [-0.3, -0.25) is 15.1 Å². The molecule has 0 bridgehead atoms. The molecule has 0 saturated heterocycles. The minimum atomic E-state index is -0.178. The molecule has 0 saturated carbocycles. The number of hydrogen-bond donors (Lipinski definition) is 3. The molecular weight excluding hydrogens is 322 g/mol. The van der Waals surface area contributed by atoms with Crippen LogP contribution in [0.15, 0.2) is 48.1 Å². The van der Waals surface area contributed by atoms with Crippen LogP contribution in [0.2, 0.25) is 0 Å². The number of benzene rings is 1. The van der Waals surface area contributed by atoms with Gasteiger partial charge in [0.2, 0.25) is 0 Å². The summed E-state index contributed by atoms with van der Waals surface area (Å²) in [6.45, 7) is 1.96. The van der Waals surface area contributed by atoms with Crippen molar-refractivity contribution in [1.29, 1.82) is 0 Å². The number of nitrogens with one attached hydrogen (secondary N) is 3. The van der Waals surface area contributed by atoms with Gasteiger partial charge in [-0.2, -0.15) is 0 Å². The second-order valence-electron chi connectivity index (χ2n) is 5.47. The molecule has 1 atom stereocenters. The number of amides is 1. The van der Waals surface area contributed by atoms with E-state index in [1.165, 1.54) is 11.3 Å². The Morgan fingerprint density at radius 3 is 2.92 bits per heavy atom. The number of nitrogens with zero attached hydrogens (tertiary/aromatic N) is 2. The van der Waals surface area contributed by atoms with Crippen LogP contribution in [-0.4, -0.2) is 15.9 Å². The van der Waals surface area contributed by atoms with Gasteiger partial charge in [-0.15, -0.1) is 11.3 Å². The maximum Gasteiger partial charge on any atom is 0.259 e. The number of hydrogen-bond acceptors (Lipinski definition) is 6. The highest BCUT2D eigenvalue weighted by atomic mass is 32.1. The lowest BCUT2D eigenvalue weighted by molar-refractivity contribution is 0.102. The summed E-state index contributed by atoms with van der Waals surface area (Å²) in [5, 5.41) is 12.0. The molecule has 3 N–H and O–H groups in total. The molecule has 1 amide bonds. The van der Waals surface area contributed by atoms with Gasteiger partial charge in [0.25, 0.3) is 5.91 Å². The highest BCUT2D eigenvalue weighted by Gasteiger charge is 2.26. The van der Waals surface area contributed by atoms with E-state index in [4.69, 9.17) is 0 Å². The van der Waals surface area contributed by atoms with Gasteiger partial charge in [-0.25, -0.2) is 4.98 Å². The van der Waals surface area contributed by atoms with E-state index in [0.29, 0.717) is 10.7 Å². The fraction of sp³-hybridized carbons (Fsp3) is 0.118. The summed E-state index contributed by atoms with van der Waals surface area (Å²) in [7, 11) is 0. The number of thiazole rings is 1. The third kappa shape index (κ3) is 2.69. The van der Waals surface area contributed by atoms with E-state index >= 15 is 0 Å². The summed E-state index contributed by atoms with van der Waals surface area (Å²) >= 11 is 1.39. The van der Waals surface area contributed by atoms with Gasteiger partial charge in [-0.1, -0.05) is 6.07 Å². The summed E-state index contributed by atoms with van der Waals surface area (Å²) < 4.78 is 0. The monoisotopic (exact) mass is 337 g/mol. The van der Waals surface area contributed by atoms with Gasteiger partial charge in [0.05, 0.1) is 16.9 Å². The van der Waals surface area contributed by atoms with Crippen LogP contribution in [0.1, 0.15) is 27.8 Å². The number of fused-ring (bicyclic) bond motifs is 1. The van der Waals surface area contributed by atoms with Gasteiger partial charge >= 0.3 is 0 Å². The van der Waals surface area contributed by atoms with Gasteiger partial charge in [0, 0.05) is 23.5 Å². The van der Waals surface area contributed by atoms with Crippen LogP contribution in [0.4, 0.5) is 16.5 Å². The number of rotatable bonds is 3. The Balaban J connectivity index is 1.61. The first-order valence-electron chi connectivity index (χ1n) is 7.50. The molecule has 1 aliphatic heterocycles. The molecule has 1 aliphatic rings. The van der Waals surface area contributed by atoms with Crippen LogP contribution in [0.25, 0.3) is 0 Å². The van der Waals surface area contributed by atoms with E-state index in [-0.39, 0.29) is 12.1 Å². The third-order valence-corrected chi connectivity index (χ3v) is 4.49. The Morgan fingerprint density at radius 1 is 1.21 bits per heavy atom. The van der Waals surface area contributed by atoms with Gasteiger partial charge < -0.3 is 10.6 Å². The minimum absolute atomic E-state index is 0.0875. The van der Waals surface area contributed by atoms with Gasteiger partial charge in [0.15, 0.2) is 5.13 Å². The molecule has 0 spiro atoms. The smallest absolute Gasteiger partial charge is 0.259 e. The molecule has 1 aromatic carbocycles. The molecule has 0 fully saturated rings. The number of aryl methyl sites for hydroxylation is 1. The van der Waals surface area contributed by atoms with Crippen LogP contribution in [0.5, 0.6) is 0 Å². The average molecular weight is 337 g/mol. The van der Waals surface area contributed by atoms with Crippen LogP contribution < -0.4 is 16.0 Å². The Morgan fingerprint density at radius 2 is 2.12 bits per heavy atom. The van der Waals surface area contributed by atoms with Crippen molar-refractivity contribution in [2.24, 2.45) is 0 Å². The first-order valence-corrected chi connectivity index (χ1v) is 8.38. The third-order valence-electron chi connectivity index (χ3n) is 3.80. The van der Waals surface area contributed by atoms with E-state index in [1.807, 2.05) is 36.6 Å².